The first-order valence-electron chi connectivity index (χ1n) is 12.1. The standard InChI is InChI=1S/C25H37ClN4O6/c1-7-18(22(33)28-17-13-19(31)36-24(17)35-9-3)30(8-2)23(34)20(25(4,5)6)29-21(32)14-10-11-16(27)15(26)12-14/h10-12,17-18,20,24H,7-9,13,27H2,1-6H3,(H,28,33)(H,29,32)/t17-,18-,20+,24+/m0/s1. The van der Waals surface area contributed by atoms with Crippen molar-refractivity contribution >= 4 is 41.0 Å². The molecular formula is C25H37ClN4O6. The molecule has 10 nitrogen and oxygen atoms in total. The van der Waals surface area contributed by atoms with Gasteiger partial charge in [0.1, 0.15) is 18.1 Å². The zero-order chi connectivity index (χ0) is 27.2. The number of carbonyl (C=O) groups excluding carboxylic acids is 4. The maximum Gasteiger partial charge on any atom is 0.310 e. The first-order chi connectivity index (χ1) is 16.8. The van der Waals surface area contributed by atoms with Crippen LogP contribution in [0, 0.1) is 5.41 Å². The van der Waals surface area contributed by atoms with Crippen LogP contribution in [0.15, 0.2) is 18.2 Å². The van der Waals surface area contributed by atoms with Crippen molar-refractivity contribution in [2.24, 2.45) is 5.41 Å². The SMILES string of the molecule is CCO[C@@H]1OC(=O)C[C@@H]1NC(=O)[C@H](CC)N(CC)C(=O)[C@@H](NC(=O)c1ccc(N)c(Cl)c1)C(C)(C)C. The average molecular weight is 525 g/mol. The molecule has 1 aliphatic heterocycles. The summed E-state index contributed by atoms with van der Waals surface area (Å²) in [6.07, 6.45) is -0.564. The van der Waals surface area contributed by atoms with Crippen LogP contribution in [0.4, 0.5) is 5.69 Å². The van der Waals surface area contributed by atoms with Crippen molar-refractivity contribution < 1.29 is 28.7 Å². The van der Waals surface area contributed by atoms with Crippen LogP contribution in [-0.2, 0) is 23.9 Å². The topological polar surface area (TPSA) is 140 Å². The Balaban J connectivity index is 2.24. The summed E-state index contributed by atoms with van der Waals surface area (Å²) in [6, 6.07) is 2.08. The van der Waals surface area contributed by atoms with Gasteiger partial charge >= 0.3 is 5.97 Å². The van der Waals surface area contributed by atoms with Crippen LogP contribution >= 0.6 is 11.6 Å². The van der Waals surface area contributed by atoms with Gasteiger partial charge in [-0.2, -0.15) is 0 Å². The second-order valence-electron chi connectivity index (χ2n) is 9.69. The van der Waals surface area contributed by atoms with E-state index in [9.17, 15) is 19.2 Å². The van der Waals surface area contributed by atoms with Crippen LogP contribution in [0.25, 0.3) is 0 Å². The average Bonchev–Trinajstić information content (AvgIpc) is 3.14. The largest absolute Gasteiger partial charge is 0.433 e. The maximum absolute atomic E-state index is 13.8. The molecule has 200 valence electrons. The highest BCUT2D eigenvalue weighted by atomic mass is 35.5. The number of halogens is 1. The lowest BCUT2D eigenvalue weighted by Gasteiger charge is -2.38. The second-order valence-corrected chi connectivity index (χ2v) is 10.1. The Morgan fingerprint density at radius 1 is 1.25 bits per heavy atom. The van der Waals surface area contributed by atoms with Gasteiger partial charge in [0.25, 0.3) is 5.91 Å². The van der Waals surface area contributed by atoms with Crippen molar-refractivity contribution in [3.63, 3.8) is 0 Å². The van der Waals surface area contributed by atoms with Gasteiger partial charge in [0.2, 0.25) is 18.1 Å². The Morgan fingerprint density at radius 3 is 2.44 bits per heavy atom. The van der Waals surface area contributed by atoms with E-state index in [0.29, 0.717) is 18.7 Å². The molecule has 0 aliphatic carbocycles. The number of esters is 1. The molecule has 0 spiro atoms. The highest BCUT2D eigenvalue weighted by Crippen LogP contribution is 2.25. The zero-order valence-corrected chi connectivity index (χ0v) is 22.5. The Labute approximate surface area is 217 Å². The molecular weight excluding hydrogens is 488 g/mol. The summed E-state index contributed by atoms with van der Waals surface area (Å²) in [6.45, 7) is 11.3. The molecule has 1 aromatic rings. The van der Waals surface area contributed by atoms with Gasteiger partial charge in [0.05, 0.1) is 17.1 Å². The molecule has 2 rings (SSSR count). The van der Waals surface area contributed by atoms with Crippen LogP contribution < -0.4 is 16.4 Å². The lowest BCUT2D eigenvalue weighted by atomic mass is 9.85. The maximum atomic E-state index is 13.8. The molecule has 1 heterocycles. The number of carbonyl (C=O) groups is 4. The first-order valence-corrected chi connectivity index (χ1v) is 12.5. The Morgan fingerprint density at radius 2 is 1.92 bits per heavy atom. The van der Waals surface area contributed by atoms with Crippen molar-refractivity contribution in [2.45, 2.75) is 78.8 Å². The zero-order valence-electron chi connectivity index (χ0n) is 21.7. The molecule has 4 N–H and O–H groups in total. The van der Waals surface area contributed by atoms with E-state index in [1.807, 2.05) is 20.8 Å². The summed E-state index contributed by atoms with van der Waals surface area (Å²) in [5.74, 6) is -1.78. The lowest BCUT2D eigenvalue weighted by Crippen LogP contribution is -2.60. The molecule has 0 unspecified atom stereocenters. The van der Waals surface area contributed by atoms with Gasteiger partial charge in [0.15, 0.2) is 0 Å². The number of cyclic esters (lactones) is 1. The van der Waals surface area contributed by atoms with Crippen molar-refractivity contribution in [3.05, 3.63) is 28.8 Å². The van der Waals surface area contributed by atoms with Gasteiger partial charge in [-0.15, -0.1) is 0 Å². The smallest absolute Gasteiger partial charge is 0.310 e. The number of benzene rings is 1. The van der Waals surface area contributed by atoms with E-state index in [2.05, 4.69) is 10.6 Å². The van der Waals surface area contributed by atoms with E-state index in [1.165, 1.54) is 23.1 Å². The number of nitrogens with two attached hydrogens (primary N) is 1. The van der Waals surface area contributed by atoms with Crippen LogP contribution in [0.5, 0.6) is 0 Å². The van der Waals surface area contributed by atoms with Gasteiger partial charge in [-0.1, -0.05) is 39.3 Å². The number of likely N-dealkylation sites (N-methyl/N-ethyl adjacent to an activating group) is 1. The molecule has 3 amide bonds. The van der Waals surface area contributed by atoms with E-state index in [-0.39, 0.29) is 23.6 Å². The van der Waals surface area contributed by atoms with E-state index in [1.54, 1.807) is 20.8 Å². The number of nitrogens with zero attached hydrogens (tertiary/aromatic N) is 1. The number of hydrogen-bond acceptors (Lipinski definition) is 7. The fraction of sp³-hybridized carbons (Fsp3) is 0.600. The minimum Gasteiger partial charge on any atom is -0.433 e. The summed E-state index contributed by atoms with van der Waals surface area (Å²) in [5, 5.41) is 5.85. The Bertz CT molecular complexity index is 980. The number of anilines is 1. The predicted molar refractivity (Wildman–Crippen MR) is 136 cm³/mol. The lowest BCUT2D eigenvalue weighted by molar-refractivity contribution is -0.164. The van der Waals surface area contributed by atoms with E-state index in [0.717, 1.165) is 0 Å². The fourth-order valence-corrected chi connectivity index (χ4v) is 4.20. The third-order valence-corrected chi connectivity index (χ3v) is 6.29. The summed E-state index contributed by atoms with van der Waals surface area (Å²) in [5.41, 5.74) is 5.67. The minimum absolute atomic E-state index is 0.0161. The number of ether oxygens (including phenoxy) is 2. The Kier molecular flexibility index (Phi) is 10.1. The van der Waals surface area contributed by atoms with E-state index >= 15 is 0 Å². The molecule has 1 aromatic carbocycles. The summed E-state index contributed by atoms with van der Waals surface area (Å²) < 4.78 is 10.5. The summed E-state index contributed by atoms with van der Waals surface area (Å²) >= 11 is 6.06. The molecule has 0 radical (unpaired) electrons. The molecule has 1 saturated heterocycles. The third-order valence-electron chi connectivity index (χ3n) is 5.96. The summed E-state index contributed by atoms with van der Waals surface area (Å²) in [4.78, 5) is 53.2. The highest BCUT2D eigenvalue weighted by Gasteiger charge is 2.41. The number of nitrogens with one attached hydrogen (secondary N) is 2. The minimum atomic E-state index is -0.935. The van der Waals surface area contributed by atoms with E-state index < -0.39 is 53.5 Å². The third kappa shape index (κ3) is 7.10. The van der Waals surface area contributed by atoms with Crippen molar-refractivity contribution in [1.82, 2.24) is 15.5 Å². The number of nitrogen functional groups attached to an aromatic ring is 1. The molecule has 11 heteroatoms. The number of hydrogen-bond donors (Lipinski definition) is 3. The van der Waals surface area contributed by atoms with Crippen molar-refractivity contribution in [2.75, 3.05) is 18.9 Å². The van der Waals surface area contributed by atoms with Gasteiger partial charge in [0, 0.05) is 18.7 Å². The molecule has 0 aromatic heterocycles. The molecule has 4 atom stereocenters. The van der Waals surface area contributed by atoms with Gasteiger partial charge in [-0.05, 0) is 43.9 Å². The van der Waals surface area contributed by atoms with Crippen LogP contribution in [-0.4, -0.2) is 66.2 Å². The predicted octanol–water partition coefficient (Wildman–Crippen LogP) is 2.49. The van der Waals surface area contributed by atoms with Gasteiger partial charge < -0.3 is 30.7 Å². The van der Waals surface area contributed by atoms with Gasteiger partial charge in [-0.3, -0.25) is 19.2 Å². The second kappa shape index (κ2) is 12.4. The number of rotatable bonds is 10. The van der Waals surface area contributed by atoms with Crippen LogP contribution in [0.1, 0.15) is 64.7 Å². The van der Waals surface area contributed by atoms with Crippen LogP contribution in [0.3, 0.4) is 0 Å². The quantitative estimate of drug-likeness (QED) is 0.315. The number of amides is 3. The monoisotopic (exact) mass is 524 g/mol. The molecule has 0 bridgehead atoms. The first kappa shape index (κ1) is 29.4. The van der Waals surface area contributed by atoms with Crippen molar-refractivity contribution in [1.29, 1.82) is 0 Å². The molecule has 1 fully saturated rings. The fourth-order valence-electron chi connectivity index (χ4n) is 4.02. The molecule has 1 aliphatic rings. The normalized spacial score (nSPS) is 19.2. The van der Waals surface area contributed by atoms with Crippen molar-refractivity contribution in [3.8, 4) is 0 Å². The van der Waals surface area contributed by atoms with E-state index in [4.69, 9.17) is 26.8 Å². The Hall–Kier alpha value is -2.85. The van der Waals surface area contributed by atoms with Crippen LogP contribution in [0.2, 0.25) is 5.02 Å². The molecule has 36 heavy (non-hydrogen) atoms. The summed E-state index contributed by atoms with van der Waals surface area (Å²) in [7, 11) is 0. The highest BCUT2D eigenvalue weighted by molar-refractivity contribution is 6.33. The molecule has 0 saturated carbocycles. The van der Waals surface area contributed by atoms with Gasteiger partial charge in [-0.25, -0.2) is 0 Å².